The van der Waals surface area contributed by atoms with Crippen LogP contribution in [0.15, 0.2) is 18.2 Å². The molecular formula is C9H6F3IO3. The monoisotopic (exact) mass is 346 g/mol. The van der Waals surface area contributed by atoms with Gasteiger partial charge in [-0.05, 0) is 34.7 Å². The van der Waals surface area contributed by atoms with Crippen molar-refractivity contribution >= 4 is 28.6 Å². The van der Waals surface area contributed by atoms with Crippen LogP contribution in [0, 0.1) is 3.57 Å². The Morgan fingerprint density at radius 3 is 2.31 bits per heavy atom. The van der Waals surface area contributed by atoms with Gasteiger partial charge in [-0.25, -0.2) is 4.79 Å². The highest BCUT2D eigenvalue weighted by atomic mass is 127. The van der Waals surface area contributed by atoms with Crippen molar-refractivity contribution in [1.29, 1.82) is 0 Å². The number of carboxylic acid groups (broad SMARTS) is 1. The number of aliphatic carboxylic acids is 1. The molecule has 0 fully saturated rings. The lowest BCUT2D eigenvalue weighted by molar-refractivity contribution is -0.147. The molecule has 88 valence electrons. The Bertz CT molecular complexity index is 417. The summed E-state index contributed by atoms with van der Waals surface area (Å²) in [4.78, 5) is 10.5. The summed E-state index contributed by atoms with van der Waals surface area (Å²) in [6.45, 7) is 0. The highest BCUT2D eigenvalue weighted by Crippen LogP contribution is 2.32. The number of hydrogen-bond donors (Lipinski definition) is 2. The Morgan fingerprint density at radius 1 is 1.38 bits per heavy atom. The number of aliphatic hydroxyl groups excluding tert-OH is 1. The third-order valence-corrected chi connectivity index (χ3v) is 2.79. The molecular weight excluding hydrogens is 340 g/mol. The summed E-state index contributed by atoms with van der Waals surface area (Å²) < 4.78 is 36.9. The summed E-state index contributed by atoms with van der Waals surface area (Å²) in [5.74, 6) is -1.50. The van der Waals surface area contributed by atoms with Crippen LogP contribution in [0.2, 0.25) is 0 Å². The van der Waals surface area contributed by atoms with Crippen LogP contribution in [0.3, 0.4) is 0 Å². The van der Waals surface area contributed by atoms with Gasteiger partial charge in [-0.2, -0.15) is 13.2 Å². The van der Waals surface area contributed by atoms with E-state index in [1.165, 1.54) is 0 Å². The lowest BCUT2D eigenvalue weighted by Gasteiger charge is -2.11. The predicted octanol–water partition coefficient (Wildman–Crippen LogP) is 2.43. The minimum Gasteiger partial charge on any atom is -0.479 e. The van der Waals surface area contributed by atoms with E-state index in [0.29, 0.717) is 0 Å². The van der Waals surface area contributed by atoms with Crippen LogP contribution >= 0.6 is 22.6 Å². The number of rotatable bonds is 2. The van der Waals surface area contributed by atoms with Gasteiger partial charge in [-0.1, -0.05) is 6.07 Å². The van der Waals surface area contributed by atoms with E-state index in [1.54, 1.807) is 22.6 Å². The molecule has 0 aliphatic heterocycles. The number of benzene rings is 1. The zero-order valence-electron chi connectivity index (χ0n) is 7.62. The number of carbonyl (C=O) groups is 1. The van der Waals surface area contributed by atoms with Crippen molar-refractivity contribution in [3.8, 4) is 0 Å². The van der Waals surface area contributed by atoms with Crippen molar-refractivity contribution in [3.63, 3.8) is 0 Å². The predicted molar refractivity (Wildman–Crippen MR) is 56.8 cm³/mol. The molecule has 3 nitrogen and oxygen atoms in total. The van der Waals surface area contributed by atoms with Crippen LogP contribution in [0.1, 0.15) is 17.2 Å². The van der Waals surface area contributed by atoms with E-state index in [1.807, 2.05) is 0 Å². The zero-order chi connectivity index (χ0) is 12.5. The molecule has 0 radical (unpaired) electrons. The van der Waals surface area contributed by atoms with Crippen molar-refractivity contribution in [3.05, 3.63) is 32.9 Å². The van der Waals surface area contributed by atoms with E-state index in [2.05, 4.69) is 0 Å². The van der Waals surface area contributed by atoms with Crippen LogP contribution < -0.4 is 0 Å². The topological polar surface area (TPSA) is 57.5 Å². The van der Waals surface area contributed by atoms with Crippen LogP contribution in [0.5, 0.6) is 0 Å². The lowest BCUT2D eigenvalue weighted by Crippen LogP contribution is -2.13. The highest BCUT2D eigenvalue weighted by Gasteiger charge is 2.31. The van der Waals surface area contributed by atoms with Gasteiger partial charge in [0.2, 0.25) is 0 Å². The van der Waals surface area contributed by atoms with Gasteiger partial charge in [0.15, 0.2) is 6.10 Å². The average molecular weight is 346 g/mol. The van der Waals surface area contributed by atoms with Crippen molar-refractivity contribution in [1.82, 2.24) is 0 Å². The minimum atomic E-state index is -4.48. The molecule has 1 unspecified atom stereocenters. The molecule has 0 spiro atoms. The van der Waals surface area contributed by atoms with Gasteiger partial charge in [-0.3, -0.25) is 0 Å². The fourth-order valence-corrected chi connectivity index (χ4v) is 1.87. The maximum atomic E-state index is 12.3. The Balaban J connectivity index is 3.15. The van der Waals surface area contributed by atoms with Crippen molar-refractivity contribution in [2.24, 2.45) is 0 Å². The molecule has 0 aliphatic rings. The van der Waals surface area contributed by atoms with Crippen LogP contribution in [0.25, 0.3) is 0 Å². The first-order chi connectivity index (χ1) is 7.23. The molecule has 7 heteroatoms. The lowest BCUT2D eigenvalue weighted by atomic mass is 10.1. The average Bonchev–Trinajstić information content (AvgIpc) is 2.15. The number of carboxylic acids is 1. The van der Waals surface area contributed by atoms with E-state index in [4.69, 9.17) is 5.11 Å². The molecule has 1 rings (SSSR count). The fourth-order valence-electron chi connectivity index (χ4n) is 1.06. The molecule has 1 aromatic rings. The Morgan fingerprint density at radius 2 is 1.94 bits per heavy atom. The molecule has 0 aromatic heterocycles. The van der Waals surface area contributed by atoms with Gasteiger partial charge in [-0.15, -0.1) is 0 Å². The smallest absolute Gasteiger partial charge is 0.416 e. The Kier molecular flexibility index (Phi) is 3.79. The molecule has 0 bridgehead atoms. The molecule has 0 saturated heterocycles. The third kappa shape index (κ3) is 2.85. The number of halogens is 4. The molecule has 0 saturated carbocycles. The van der Waals surface area contributed by atoms with Gasteiger partial charge in [0.25, 0.3) is 0 Å². The van der Waals surface area contributed by atoms with Gasteiger partial charge >= 0.3 is 12.1 Å². The largest absolute Gasteiger partial charge is 0.479 e. The van der Waals surface area contributed by atoms with Gasteiger partial charge in [0.05, 0.1) is 5.56 Å². The van der Waals surface area contributed by atoms with Crippen molar-refractivity contribution < 1.29 is 28.2 Å². The van der Waals surface area contributed by atoms with E-state index in [-0.39, 0.29) is 9.13 Å². The van der Waals surface area contributed by atoms with Gasteiger partial charge < -0.3 is 10.2 Å². The molecule has 0 amide bonds. The molecule has 0 heterocycles. The first-order valence-electron chi connectivity index (χ1n) is 4.01. The SMILES string of the molecule is O=C(O)C(O)c1ccc(C(F)(F)F)cc1I. The second kappa shape index (κ2) is 4.58. The molecule has 1 aromatic carbocycles. The van der Waals surface area contributed by atoms with E-state index in [9.17, 15) is 23.1 Å². The van der Waals surface area contributed by atoms with Crippen LogP contribution in [-0.4, -0.2) is 16.2 Å². The van der Waals surface area contributed by atoms with Crippen LogP contribution in [0.4, 0.5) is 13.2 Å². The molecule has 2 N–H and O–H groups in total. The fraction of sp³-hybridized carbons (Fsp3) is 0.222. The first-order valence-corrected chi connectivity index (χ1v) is 5.09. The minimum absolute atomic E-state index is 0.0545. The second-order valence-corrected chi connectivity index (χ2v) is 4.14. The van der Waals surface area contributed by atoms with Crippen LogP contribution in [-0.2, 0) is 11.0 Å². The number of alkyl halides is 3. The summed E-state index contributed by atoms with van der Waals surface area (Å²) in [6.07, 6.45) is -6.29. The Hall–Kier alpha value is -0.830. The molecule has 16 heavy (non-hydrogen) atoms. The van der Waals surface area contributed by atoms with Crippen molar-refractivity contribution in [2.45, 2.75) is 12.3 Å². The number of aliphatic hydroxyl groups is 1. The summed E-state index contributed by atoms with van der Waals surface area (Å²) in [6, 6.07) is 2.50. The molecule has 0 aliphatic carbocycles. The van der Waals surface area contributed by atoms with Crippen molar-refractivity contribution in [2.75, 3.05) is 0 Å². The third-order valence-electron chi connectivity index (χ3n) is 1.86. The first kappa shape index (κ1) is 13.2. The maximum absolute atomic E-state index is 12.3. The van der Waals surface area contributed by atoms with E-state index >= 15 is 0 Å². The standard InChI is InChI=1S/C9H6F3IO3/c10-9(11,12)4-1-2-5(6(13)3-4)7(14)8(15)16/h1-3,7,14H,(H,15,16). The van der Waals surface area contributed by atoms with E-state index < -0.39 is 23.8 Å². The maximum Gasteiger partial charge on any atom is 0.416 e. The highest BCUT2D eigenvalue weighted by molar-refractivity contribution is 14.1. The summed E-state index contributed by atoms with van der Waals surface area (Å²) >= 11 is 1.55. The summed E-state index contributed by atoms with van der Waals surface area (Å²) in [5.41, 5.74) is -0.931. The molecule has 1 atom stereocenters. The second-order valence-electron chi connectivity index (χ2n) is 2.97. The quantitative estimate of drug-likeness (QED) is 0.809. The van der Waals surface area contributed by atoms with Gasteiger partial charge in [0, 0.05) is 9.13 Å². The van der Waals surface area contributed by atoms with E-state index in [0.717, 1.165) is 18.2 Å². The number of hydrogen-bond acceptors (Lipinski definition) is 2. The zero-order valence-corrected chi connectivity index (χ0v) is 9.78. The Labute approximate surface area is 102 Å². The summed E-state index contributed by atoms with van der Waals surface area (Å²) in [5, 5.41) is 17.7. The normalized spacial score (nSPS) is 13.6. The summed E-state index contributed by atoms with van der Waals surface area (Å²) in [7, 11) is 0. The van der Waals surface area contributed by atoms with Gasteiger partial charge in [0.1, 0.15) is 0 Å².